The van der Waals surface area contributed by atoms with Crippen LogP contribution in [0.2, 0.25) is 0 Å². The van der Waals surface area contributed by atoms with Gasteiger partial charge in [0.1, 0.15) is 17.5 Å². The second-order valence-corrected chi connectivity index (χ2v) is 7.05. The molecule has 0 saturated carbocycles. The van der Waals surface area contributed by atoms with E-state index in [1.54, 1.807) is 18.1 Å². The highest BCUT2D eigenvalue weighted by Crippen LogP contribution is 2.31. The monoisotopic (exact) mass is 374 g/mol. The first-order valence-corrected chi connectivity index (χ1v) is 8.71. The van der Waals surface area contributed by atoms with E-state index in [9.17, 15) is 14.0 Å². The summed E-state index contributed by atoms with van der Waals surface area (Å²) < 4.78 is 29.8. The van der Waals surface area contributed by atoms with Crippen LogP contribution >= 0.6 is 11.9 Å². The standard InChI is InChI=1S/C17H16F2N6S/c1-25(2)26-4-3-21-17-14(19)5-10(7-20)15(24-17)13-9-23-16-12(13)6-11(18)8-22-16/h5-6,8-9H,3-4H2,1-2H3,(H,21,24)(H,22,23). The normalized spacial score (nSPS) is 11.1. The number of nitriles is 1. The molecule has 6 nitrogen and oxygen atoms in total. The number of hydrogen-bond donors (Lipinski definition) is 2. The predicted octanol–water partition coefficient (Wildman–Crippen LogP) is 3.40. The third-order valence-corrected chi connectivity index (χ3v) is 4.50. The van der Waals surface area contributed by atoms with Gasteiger partial charge in [-0.15, -0.1) is 0 Å². The van der Waals surface area contributed by atoms with Gasteiger partial charge in [-0.25, -0.2) is 18.7 Å². The molecule has 0 aliphatic carbocycles. The Labute approximate surface area is 153 Å². The number of nitrogens with zero attached hydrogens (tertiary/aromatic N) is 4. The van der Waals surface area contributed by atoms with Gasteiger partial charge in [0, 0.05) is 29.4 Å². The fraction of sp³-hybridized carbons (Fsp3) is 0.235. The van der Waals surface area contributed by atoms with Gasteiger partial charge in [-0.3, -0.25) is 4.31 Å². The van der Waals surface area contributed by atoms with Crippen LogP contribution in [0.4, 0.5) is 14.6 Å². The molecule has 26 heavy (non-hydrogen) atoms. The molecule has 0 radical (unpaired) electrons. The molecule has 2 N–H and O–H groups in total. The Kier molecular flexibility index (Phi) is 5.35. The van der Waals surface area contributed by atoms with Crippen LogP contribution in [0.3, 0.4) is 0 Å². The van der Waals surface area contributed by atoms with E-state index in [1.165, 1.54) is 6.07 Å². The number of anilines is 1. The van der Waals surface area contributed by atoms with Gasteiger partial charge in [-0.05, 0) is 26.2 Å². The van der Waals surface area contributed by atoms with E-state index in [4.69, 9.17) is 0 Å². The lowest BCUT2D eigenvalue weighted by atomic mass is 10.1. The zero-order valence-electron chi connectivity index (χ0n) is 14.2. The van der Waals surface area contributed by atoms with Crippen molar-refractivity contribution in [2.24, 2.45) is 0 Å². The molecular weight excluding hydrogens is 358 g/mol. The highest BCUT2D eigenvalue weighted by Gasteiger charge is 2.17. The quantitative estimate of drug-likeness (QED) is 0.508. The summed E-state index contributed by atoms with van der Waals surface area (Å²) in [6.45, 7) is 0.502. The van der Waals surface area contributed by atoms with Gasteiger partial charge < -0.3 is 10.3 Å². The summed E-state index contributed by atoms with van der Waals surface area (Å²) in [5, 5.41) is 12.8. The van der Waals surface area contributed by atoms with Crippen molar-refractivity contribution in [3.63, 3.8) is 0 Å². The number of hydrogen-bond acceptors (Lipinski definition) is 6. The maximum atomic E-state index is 14.2. The summed E-state index contributed by atoms with van der Waals surface area (Å²) in [4.78, 5) is 11.2. The van der Waals surface area contributed by atoms with Crippen molar-refractivity contribution in [3.05, 3.63) is 41.7 Å². The van der Waals surface area contributed by atoms with E-state index < -0.39 is 11.6 Å². The van der Waals surface area contributed by atoms with Crippen LogP contribution in [0, 0.1) is 23.0 Å². The van der Waals surface area contributed by atoms with Gasteiger partial charge in [-0.1, -0.05) is 11.9 Å². The van der Waals surface area contributed by atoms with Crippen LogP contribution in [0.15, 0.2) is 24.5 Å². The lowest BCUT2D eigenvalue weighted by molar-refractivity contribution is 0.623. The topological polar surface area (TPSA) is 80.6 Å². The number of H-pyrrole nitrogens is 1. The lowest BCUT2D eigenvalue weighted by Crippen LogP contribution is -2.11. The summed E-state index contributed by atoms with van der Waals surface area (Å²) in [6.07, 6.45) is 2.69. The highest BCUT2D eigenvalue weighted by atomic mass is 32.2. The first-order valence-electron chi connectivity index (χ1n) is 7.77. The van der Waals surface area contributed by atoms with E-state index >= 15 is 0 Å². The molecule has 0 spiro atoms. The molecule has 0 atom stereocenters. The van der Waals surface area contributed by atoms with Crippen molar-refractivity contribution < 1.29 is 8.78 Å². The molecule has 0 fully saturated rings. The Morgan fingerprint density at radius 3 is 2.88 bits per heavy atom. The first kappa shape index (κ1) is 18.1. The van der Waals surface area contributed by atoms with Gasteiger partial charge in [0.2, 0.25) is 0 Å². The molecule has 3 aromatic rings. The minimum atomic E-state index is -0.607. The Balaban J connectivity index is 1.98. The summed E-state index contributed by atoms with van der Waals surface area (Å²) in [6, 6.07) is 4.39. The predicted molar refractivity (Wildman–Crippen MR) is 98.6 cm³/mol. The Bertz CT molecular complexity index is 979. The van der Waals surface area contributed by atoms with Crippen molar-refractivity contribution in [2.75, 3.05) is 31.7 Å². The van der Waals surface area contributed by atoms with Crippen molar-refractivity contribution in [3.8, 4) is 17.3 Å². The molecule has 3 heterocycles. The molecule has 9 heteroatoms. The van der Waals surface area contributed by atoms with Crippen LogP contribution in [0.1, 0.15) is 5.56 Å². The maximum Gasteiger partial charge on any atom is 0.166 e. The molecule has 0 aliphatic heterocycles. The SMILES string of the molecule is CN(C)SCCNc1nc(-c2c[nH]c3ncc(F)cc23)c(C#N)cc1F. The number of nitrogens with one attached hydrogen (secondary N) is 2. The highest BCUT2D eigenvalue weighted by molar-refractivity contribution is 7.97. The zero-order valence-corrected chi connectivity index (χ0v) is 15.0. The molecule has 0 bridgehead atoms. The summed E-state index contributed by atoms with van der Waals surface area (Å²) in [7, 11) is 3.85. The van der Waals surface area contributed by atoms with Gasteiger partial charge in [0.25, 0.3) is 0 Å². The molecule has 0 saturated heterocycles. The van der Waals surface area contributed by atoms with E-state index in [2.05, 4.69) is 20.3 Å². The number of aromatic nitrogens is 3. The van der Waals surface area contributed by atoms with Crippen LogP contribution < -0.4 is 5.32 Å². The molecule has 0 aliphatic rings. The molecule has 3 aromatic heterocycles. The summed E-state index contributed by atoms with van der Waals surface area (Å²) in [5.74, 6) is -0.328. The number of rotatable bonds is 6. The average molecular weight is 374 g/mol. The minimum absolute atomic E-state index is 0.0528. The second-order valence-electron chi connectivity index (χ2n) is 5.65. The third-order valence-electron chi connectivity index (χ3n) is 3.59. The number of pyridine rings is 2. The van der Waals surface area contributed by atoms with Crippen molar-refractivity contribution in [2.45, 2.75) is 0 Å². The number of halogens is 2. The van der Waals surface area contributed by atoms with Crippen LogP contribution in [-0.2, 0) is 0 Å². The van der Waals surface area contributed by atoms with E-state index in [0.717, 1.165) is 18.0 Å². The molecule has 134 valence electrons. The fourth-order valence-electron chi connectivity index (χ4n) is 2.47. The van der Waals surface area contributed by atoms with Crippen LogP contribution in [0.25, 0.3) is 22.3 Å². The number of fused-ring (bicyclic) bond motifs is 1. The zero-order chi connectivity index (χ0) is 18.7. The molecule has 0 aromatic carbocycles. The van der Waals surface area contributed by atoms with Crippen LogP contribution in [-0.4, -0.2) is 45.7 Å². The third kappa shape index (κ3) is 3.76. The van der Waals surface area contributed by atoms with Crippen molar-refractivity contribution in [1.29, 1.82) is 5.26 Å². The van der Waals surface area contributed by atoms with Gasteiger partial charge >= 0.3 is 0 Å². The Morgan fingerprint density at radius 1 is 1.35 bits per heavy atom. The Hall–Kier alpha value is -2.70. The summed E-state index contributed by atoms with van der Waals surface area (Å²) in [5.41, 5.74) is 1.30. The van der Waals surface area contributed by atoms with E-state index in [0.29, 0.717) is 23.1 Å². The van der Waals surface area contributed by atoms with Crippen LogP contribution in [0.5, 0.6) is 0 Å². The van der Waals surface area contributed by atoms with Crippen molar-refractivity contribution in [1.82, 2.24) is 19.3 Å². The molecular formula is C17H16F2N6S. The second kappa shape index (κ2) is 7.68. The van der Waals surface area contributed by atoms with Crippen molar-refractivity contribution >= 4 is 28.8 Å². The maximum absolute atomic E-state index is 14.2. The molecule has 0 unspecified atom stereocenters. The fourth-order valence-corrected chi connectivity index (χ4v) is 3.03. The van der Waals surface area contributed by atoms with E-state index in [1.807, 2.05) is 24.5 Å². The average Bonchev–Trinajstić information content (AvgIpc) is 3.02. The van der Waals surface area contributed by atoms with E-state index in [-0.39, 0.29) is 17.1 Å². The first-order chi connectivity index (χ1) is 12.5. The van der Waals surface area contributed by atoms with Gasteiger partial charge in [0.05, 0.1) is 17.5 Å². The number of aromatic amines is 1. The largest absolute Gasteiger partial charge is 0.367 e. The molecule has 0 amide bonds. The van der Waals surface area contributed by atoms with Gasteiger partial charge in [-0.2, -0.15) is 5.26 Å². The van der Waals surface area contributed by atoms with Gasteiger partial charge in [0.15, 0.2) is 11.6 Å². The smallest absolute Gasteiger partial charge is 0.166 e. The minimum Gasteiger partial charge on any atom is -0.367 e. The molecule has 3 rings (SSSR count). The summed E-state index contributed by atoms with van der Waals surface area (Å²) >= 11 is 1.58. The lowest BCUT2D eigenvalue weighted by Gasteiger charge is -2.11. The Morgan fingerprint density at radius 2 is 2.15 bits per heavy atom.